The number of fused-ring (bicyclic) bond motifs is 1. The smallest absolute Gasteiger partial charge is 0.261 e. The van der Waals surface area contributed by atoms with Crippen LogP contribution in [-0.2, 0) is 4.74 Å². The van der Waals surface area contributed by atoms with Crippen molar-refractivity contribution in [1.29, 1.82) is 0 Å². The zero-order valence-electron chi connectivity index (χ0n) is 10.8. The van der Waals surface area contributed by atoms with E-state index in [1.54, 1.807) is 30.3 Å². The van der Waals surface area contributed by atoms with Gasteiger partial charge in [-0.3, -0.25) is 14.5 Å². The summed E-state index contributed by atoms with van der Waals surface area (Å²) in [6.07, 6.45) is 1.65. The number of rotatable bonds is 5. The SMILES string of the molecule is C=CCNC(=S)OCCN1C(=O)c2ccccc2C1=O. The average molecular weight is 290 g/mol. The molecule has 0 bridgehead atoms. The Balaban J connectivity index is 1.90. The fourth-order valence-electron chi connectivity index (χ4n) is 1.88. The van der Waals surface area contributed by atoms with Crippen LogP contribution in [-0.4, -0.2) is 41.6 Å². The first-order valence-electron chi connectivity index (χ1n) is 6.12. The van der Waals surface area contributed by atoms with Crippen LogP contribution >= 0.6 is 12.2 Å². The average Bonchev–Trinajstić information content (AvgIpc) is 2.70. The summed E-state index contributed by atoms with van der Waals surface area (Å²) in [7, 11) is 0. The molecule has 1 heterocycles. The Morgan fingerprint density at radius 3 is 2.45 bits per heavy atom. The molecule has 1 aliphatic rings. The molecule has 2 amide bonds. The first kappa shape index (κ1) is 14.2. The number of thiocarbonyl (C=S) groups is 1. The Hall–Kier alpha value is -2.21. The number of ether oxygens (including phenoxy) is 1. The molecule has 0 saturated carbocycles. The van der Waals surface area contributed by atoms with Crippen LogP contribution < -0.4 is 5.32 Å². The predicted octanol–water partition coefficient (Wildman–Crippen LogP) is 1.36. The van der Waals surface area contributed by atoms with Gasteiger partial charge in [0.25, 0.3) is 17.0 Å². The molecular weight excluding hydrogens is 276 g/mol. The van der Waals surface area contributed by atoms with Gasteiger partial charge in [-0.1, -0.05) is 18.2 Å². The minimum Gasteiger partial charge on any atom is -0.469 e. The van der Waals surface area contributed by atoms with E-state index in [2.05, 4.69) is 11.9 Å². The first-order valence-corrected chi connectivity index (χ1v) is 6.52. The number of amides is 2. The summed E-state index contributed by atoms with van der Waals surface area (Å²) in [5.74, 6) is -0.585. The third-order valence-corrected chi connectivity index (χ3v) is 3.08. The summed E-state index contributed by atoms with van der Waals surface area (Å²) >= 11 is 4.92. The lowest BCUT2D eigenvalue weighted by atomic mass is 10.1. The van der Waals surface area contributed by atoms with Gasteiger partial charge in [0.05, 0.1) is 17.7 Å². The van der Waals surface area contributed by atoms with E-state index in [4.69, 9.17) is 17.0 Å². The van der Waals surface area contributed by atoms with Crippen molar-refractivity contribution in [3.8, 4) is 0 Å². The zero-order chi connectivity index (χ0) is 14.5. The Morgan fingerprint density at radius 2 is 1.90 bits per heavy atom. The summed E-state index contributed by atoms with van der Waals surface area (Å²) in [6, 6.07) is 6.76. The van der Waals surface area contributed by atoms with Crippen LogP contribution in [0.4, 0.5) is 0 Å². The van der Waals surface area contributed by atoms with Crippen LogP contribution in [0, 0.1) is 0 Å². The fourth-order valence-corrected chi connectivity index (χ4v) is 2.05. The molecule has 1 aromatic carbocycles. The van der Waals surface area contributed by atoms with Crippen molar-refractivity contribution in [2.24, 2.45) is 0 Å². The summed E-state index contributed by atoms with van der Waals surface area (Å²) < 4.78 is 5.23. The normalized spacial score (nSPS) is 13.1. The van der Waals surface area contributed by atoms with E-state index in [0.717, 1.165) is 0 Å². The topological polar surface area (TPSA) is 58.6 Å². The Labute approximate surface area is 122 Å². The van der Waals surface area contributed by atoms with Gasteiger partial charge in [0.2, 0.25) is 0 Å². The highest BCUT2D eigenvalue weighted by molar-refractivity contribution is 7.80. The van der Waals surface area contributed by atoms with E-state index in [-0.39, 0.29) is 30.1 Å². The number of carbonyl (C=O) groups is 2. The largest absolute Gasteiger partial charge is 0.469 e. The highest BCUT2D eigenvalue weighted by Gasteiger charge is 2.34. The van der Waals surface area contributed by atoms with Crippen molar-refractivity contribution >= 4 is 29.2 Å². The van der Waals surface area contributed by atoms with Crippen molar-refractivity contribution in [2.45, 2.75) is 0 Å². The van der Waals surface area contributed by atoms with Crippen molar-refractivity contribution < 1.29 is 14.3 Å². The summed E-state index contributed by atoms with van der Waals surface area (Å²) in [5.41, 5.74) is 0.870. The molecule has 6 heteroatoms. The second-order valence-electron chi connectivity index (χ2n) is 4.11. The van der Waals surface area contributed by atoms with E-state index in [1.807, 2.05) is 0 Å². The Kier molecular flexibility index (Phi) is 4.47. The van der Waals surface area contributed by atoms with Gasteiger partial charge in [-0.2, -0.15) is 0 Å². The quantitative estimate of drug-likeness (QED) is 0.504. The molecule has 0 aromatic heterocycles. The molecule has 0 radical (unpaired) electrons. The maximum Gasteiger partial charge on any atom is 0.261 e. The van der Waals surface area contributed by atoms with Gasteiger partial charge in [-0.15, -0.1) is 6.58 Å². The third kappa shape index (κ3) is 2.85. The first-order chi connectivity index (χ1) is 9.65. The predicted molar refractivity (Wildman–Crippen MR) is 78.6 cm³/mol. The van der Waals surface area contributed by atoms with E-state index in [1.165, 1.54) is 4.90 Å². The zero-order valence-corrected chi connectivity index (χ0v) is 11.6. The van der Waals surface area contributed by atoms with Gasteiger partial charge in [0, 0.05) is 6.54 Å². The Morgan fingerprint density at radius 1 is 1.30 bits per heavy atom. The molecule has 20 heavy (non-hydrogen) atoms. The standard InChI is InChI=1S/C14H14N2O3S/c1-2-7-15-14(20)19-9-8-16-12(17)10-5-3-4-6-11(10)13(16)18/h2-6H,1,7-9H2,(H,15,20). The van der Waals surface area contributed by atoms with Crippen LogP contribution in [0.3, 0.4) is 0 Å². The van der Waals surface area contributed by atoms with Crippen molar-refractivity contribution in [2.75, 3.05) is 19.7 Å². The molecular formula is C14H14N2O3S. The minimum atomic E-state index is -0.292. The fraction of sp³-hybridized carbons (Fsp3) is 0.214. The maximum atomic E-state index is 12.0. The van der Waals surface area contributed by atoms with Gasteiger partial charge < -0.3 is 10.1 Å². The van der Waals surface area contributed by atoms with Crippen molar-refractivity contribution in [3.63, 3.8) is 0 Å². The number of nitrogens with zero attached hydrogens (tertiary/aromatic N) is 1. The van der Waals surface area contributed by atoms with Crippen LogP contribution in [0.2, 0.25) is 0 Å². The number of benzene rings is 1. The van der Waals surface area contributed by atoms with Crippen molar-refractivity contribution in [1.82, 2.24) is 10.2 Å². The summed E-state index contributed by atoms with van der Waals surface area (Å²) in [4.78, 5) is 25.3. The summed E-state index contributed by atoms with van der Waals surface area (Å²) in [6.45, 7) is 4.38. The second kappa shape index (κ2) is 6.29. The van der Waals surface area contributed by atoms with E-state index in [9.17, 15) is 9.59 Å². The molecule has 1 N–H and O–H groups in total. The van der Waals surface area contributed by atoms with Gasteiger partial charge in [-0.05, 0) is 24.4 Å². The number of imide groups is 1. The number of hydrogen-bond acceptors (Lipinski definition) is 4. The Bertz CT molecular complexity index is 536. The van der Waals surface area contributed by atoms with Gasteiger partial charge in [-0.25, -0.2) is 0 Å². The molecule has 0 saturated heterocycles. The molecule has 0 atom stereocenters. The van der Waals surface area contributed by atoms with Gasteiger partial charge >= 0.3 is 0 Å². The lowest BCUT2D eigenvalue weighted by Gasteiger charge is -2.14. The monoisotopic (exact) mass is 290 g/mol. The van der Waals surface area contributed by atoms with Crippen LogP contribution in [0.1, 0.15) is 20.7 Å². The van der Waals surface area contributed by atoms with Crippen molar-refractivity contribution in [3.05, 3.63) is 48.0 Å². The van der Waals surface area contributed by atoms with E-state index in [0.29, 0.717) is 17.7 Å². The van der Waals surface area contributed by atoms with E-state index >= 15 is 0 Å². The minimum absolute atomic E-state index is 0.161. The maximum absolute atomic E-state index is 12.0. The number of carbonyl (C=O) groups excluding carboxylic acids is 2. The number of hydrogen-bond donors (Lipinski definition) is 1. The lowest BCUT2D eigenvalue weighted by molar-refractivity contribution is 0.0628. The van der Waals surface area contributed by atoms with Crippen LogP contribution in [0.15, 0.2) is 36.9 Å². The highest BCUT2D eigenvalue weighted by Crippen LogP contribution is 2.21. The molecule has 5 nitrogen and oxygen atoms in total. The molecule has 0 spiro atoms. The molecule has 0 aliphatic carbocycles. The molecule has 1 aliphatic heterocycles. The van der Waals surface area contributed by atoms with E-state index < -0.39 is 0 Å². The van der Waals surface area contributed by atoms with Gasteiger partial charge in [0.15, 0.2) is 0 Å². The molecule has 0 unspecified atom stereocenters. The highest BCUT2D eigenvalue weighted by atomic mass is 32.1. The van der Waals surface area contributed by atoms with Crippen LogP contribution in [0.5, 0.6) is 0 Å². The van der Waals surface area contributed by atoms with Gasteiger partial charge in [0.1, 0.15) is 6.61 Å². The molecule has 104 valence electrons. The third-order valence-electron chi connectivity index (χ3n) is 2.82. The molecule has 0 fully saturated rings. The second-order valence-corrected chi connectivity index (χ2v) is 4.48. The number of nitrogens with one attached hydrogen (secondary N) is 1. The summed E-state index contributed by atoms with van der Waals surface area (Å²) in [5, 5.41) is 3.02. The lowest BCUT2D eigenvalue weighted by Crippen LogP contribution is -2.34. The molecule has 2 rings (SSSR count). The molecule has 1 aromatic rings. The van der Waals surface area contributed by atoms with Crippen LogP contribution in [0.25, 0.3) is 0 Å².